The molecule has 0 bridgehead atoms. The summed E-state index contributed by atoms with van der Waals surface area (Å²) in [6.45, 7) is 8.41. The number of aryl methyl sites for hydroxylation is 1. The van der Waals surface area contributed by atoms with Gasteiger partial charge in [-0.25, -0.2) is 4.79 Å². The third kappa shape index (κ3) is 6.20. The molecule has 0 heterocycles. The highest BCUT2D eigenvalue weighted by Gasteiger charge is 2.27. The van der Waals surface area contributed by atoms with Crippen molar-refractivity contribution >= 4 is 11.9 Å². The Morgan fingerprint density at radius 2 is 1.88 bits per heavy atom. The lowest BCUT2D eigenvalue weighted by Crippen LogP contribution is -2.52. The monoisotopic (exact) mass is 334 g/mol. The quantitative estimate of drug-likeness (QED) is 0.583. The highest BCUT2D eigenvalue weighted by Crippen LogP contribution is 2.22. The molecule has 0 saturated carbocycles. The molecule has 0 radical (unpaired) electrons. The molecular formula is C18H30N4O2. The summed E-state index contributed by atoms with van der Waals surface area (Å²) in [5, 5.41) is 5.67. The third-order valence-corrected chi connectivity index (χ3v) is 4.02. The average molecular weight is 334 g/mol. The van der Waals surface area contributed by atoms with Gasteiger partial charge in [0.2, 0.25) is 5.91 Å². The molecule has 6 N–H and O–H groups in total. The van der Waals surface area contributed by atoms with Crippen molar-refractivity contribution in [1.29, 1.82) is 0 Å². The van der Waals surface area contributed by atoms with Crippen LogP contribution >= 0.6 is 0 Å². The number of amides is 3. The SMILES string of the molecule is Cc1ccccc1C(CC(=O)NC(C)(CN)CC(C)C)NC(N)=O. The molecule has 2 unspecified atom stereocenters. The minimum atomic E-state index is -0.653. The van der Waals surface area contributed by atoms with Gasteiger partial charge in [-0.2, -0.15) is 0 Å². The lowest BCUT2D eigenvalue weighted by atomic mass is 9.90. The minimum Gasteiger partial charge on any atom is -0.352 e. The largest absolute Gasteiger partial charge is 0.352 e. The Morgan fingerprint density at radius 3 is 2.38 bits per heavy atom. The van der Waals surface area contributed by atoms with E-state index in [-0.39, 0.29) is 12.3 Å². The molecule has 24 heavy (non-hydrogen) atoms. The highest BCUT2D eigenvalue weighted by molar-refractivity contribution is 5.79. The fraction of sp³-hybridized carbons (Fsp3) is 0.556. The van der Waals surface area contributed by atoms with Gasteiger partial charge in [0.25, 0.3) is 0 Å². The number of carbonyl (C=O) groups is 2. The summed E-state index contributed by atoms with van der Waals surface area (Å²) in [5.41, 5.74) is 12.5. The van der Waals surface area contributed by atoms with E-state index in [1.165, 1.54) is 0 Å². The third-order valence-electron chi connectivity index (χ3n) is 4.02. The van der Waals surface area contributed by atoms with Crippen molar-refractivity contribution in [2.45, 2.75) is 52.1 Å². The van der Waals surface area contributed by atoms with Crippen molar-refractivity contribution in [3.8, 4) is 0 Å². The normalized spacial score (nSPS) is 14.8. The number of urea groups is 1. The Kier molecular flexibility index (Phi) is 7.22. The fourth-order valence-corrected chi connectivity index (χ4v) is 3.05. The Balaban J connectivity index is 2.89. The summed E-state index contributed by atoms with van der Waals surface area (Å²) in [4.78, 5) is 23.8. The van der Waals surface area contributed by atoms with Gasteiger partial charge in [0.1, 0.15) is 0 Å². The van der Waals surface area contributed by atoms with Gasteiger partial charge in [-0.1, -0.05) is 38.1 Å². The molecule has 0 aliphatic carbocycles. The Bertz CT molecular complexity index is 574. The highest BCUT2D eigenvalue weighted by atomic mass is 16.2. The molecule has 0 spiro atoms. The second kappa shape index (κ2) is 8.68. The topological polar surface area (TPSA) is 110 Å². The van der Waals surface area contributed by atoms with Gasteiger partial charge in [-0.05, 0) is 37.3 Å². The summed E-state index contributed by atoms with van der Waals surface area (Å²) < 4.78 is 0. The van der Waals surface area contributed by atoms with Crippen LogP contribution in [0.1, 0.15) is 50.8 Å². The van der Waals surface area contributed by atoms with E-state index in [0.29, 0.717) is 12.5 Å². The maximum absolute atomic E-state index is 12.5. The molecule has 1 rings (SSSR count). The number of primary amides is 1. The van der Waals surface area contributed by atoms with E-state index in [1.54, 1.807) is 0 Å². The summed E-state index contributed by atoms with van der Waals surface area (Å²) in [6.07, 6.45) is 0.898. The van der Waals surface area contributed by atoms with Gasteiger partial charge in [0.05, 0.1) is 12.5 Å². The van der Waals surface area contributed by atoms with Crippen molar-refractivity contribution in [3.05, 3.63) is 35.4 Å². The van der Waals surface area contributed by atoms with Gasteiger partial charge >= 0.3 is 6.03 Å². The number of benzene rings is 1. The summed E-state index contributed by atoms with van der Waals surface area (Å²) in [5.74, 6) is 0.250. The smallest absolute Gasteiger partial charge is 0.312 e. The fourth-order valence-electron chi connectivity index (χ4n) is 3.05. The van der Waals surface area contributed by atoms with Gasteiger partial charge in [0, 0.05) is 12.1 Å². The van der Waals surface area contributed by atoms with Crippen molar-refractivity contribution in [1.82, 2.24) is 10.6 Å². The number of nitrogens with two attached hydrogens (primary N) is 2. The number of rotatable bonds is 8. The zero-order valence-electron chi connectivity index (χ0n) is 15.1. The Hall–Kier alpha value is -2.08. The van der Waals surface area contributed by atoms with Crippen LogP contribution in [0.25, 0.3) is 0 Å². The molecule has 134 valence electrons. The average Bonchev–Trinajstić information content (AvgIpc) is 2.45. The molecular weight excluding hydrogens is 304 g/mol. The molecule has 0 saturated heterocycles. The molecule has 1 aromatic carbocycles. The molecule has 3 amide bonds. The molecule has 0 fully saturated rings. The first-order valence-electron chi connectivity index (χ1n) is 8.29. The van der Waals surface area contributed by atoms with E-state index in [2.05, 4.69) is 24.5 Å². The van der Waals surface area contributed by atoms with Crippen LogP contribution in [0.2, 0.25) is 0 Å². The van der Waals surface area contributed by atoms with Gasteiger partial charge < -0.3 is 22.1 Å². The summed E-state index contributed by atoms with van der Waals surface area (Å²) >= 11 is 0. The van der Waals surface area contributed by atoms with Crippen molar-refractivity contribution in [3.63, 3.8) is 0 Å². The van der Waals surface area contributed by atoms with E-state index >= 15 is 0 Å². The Morgan fingerprint density at radius 1 is 1.25 bits per heavy atom. The van der Waals surface area contributed by atoms with Crippen LogP contribution in [0.5, 0.6) is 0 Å². The molecule has 0 aliphatic heterocycles. The van der Waals surface area contributed by atoms with Gasteiger partial charge in [-0.3, -0.25) is 4.79 Å². The molecule has 1 aromatic rings. The molecule has 6 nitrogen and oxygen atoms in total. The lowest BCUT2D eigenvalue weighted by Gasteiger charge is -2.32. The number of hydrogen-bond donors (Lipinski definition) is 4. The number of nitrogens with one attached hydrogen (secondary N) is 2. The van der Waals surface area contributed by atoms with E-state index in [9.17, 15) is 9.59 Å². The van der Waals surface area contributed by atoms with Crippen LogP contribution in [-0.4, -0.2) is 24.0 Å². The number of hydrogen-bond acceptors (Lipinski definition) is 3. The first kappa shape index (κ1) is 20.0. The predicted molar refractivity (Wildman–Crippen MR) is 96.3 cm³/mol. The minimum absolute atomic E-state index is 0.113. The predicted octanol–water partition coefficient (Wildman–Crippen LogP) is 1.97. The van der Waals surface area contributed by atoms with E-state index < -0.39 is 17.6 Å². The van der Waals surface area contributed by atoms with Gasteiger partial charge in [-0.15, -0.1) is 0 Å². The summed E-state index contributed by atoms with van der Waals surface area (Å²) in [7, 11) is 0. The van der Waals surface area contributed by atoms with Crippen LogP contribution in [-0.2, 0) is 4.79 Å². The van der Waals surface area contributed by atoms with E-state index in [0.717, 1.165) is 17.5 Å². The van der Waals surface area contributed by atoms with Crippen LogP contribution in [0.4, 0.5) is 4.79 Å². The molecule has 6 heteroatoms. The second-order valence-corrected chi connectivity index (χ2v) is 7.03. The molecule has 2 atom stereocenters. The van der Waals surface area contributed by atoms with Gasteiger partial charge in [0.15, 0.2) is 0 Å². The van der Waals surface area contributed by atoms with E-state index in [4.69, 9.17) is 11.5 Å². The van der Waals surface area contributed by atoms with Crippen LogP contribution in [0.3, 0.4) is 0 Å². The van der Waals surface area contributed by atoms with Crippen LogP contribution in [0.15, 0.2) is 24.3 Å². The second-order valence-electron chi connectivity index (χ2n) is 7.03. The van der Waals surface area contributed by atoms with Crippen LogP contribution < -0.4 is 22.1 Å². The van der Waals surface area contributed by atoms with Crippen LogP contribution in [0, 0.1) is 12.8 Å². The van der Waals surface area contributed by atoms with E-state index in [1.807, 2.05) is 38.1 Å². The maximum atomic E-state index is 12.5. The molecule has 0 aliphatic rings. The van der Waals surface area contributed by atoms with Crippen molar-refractivity contribution in [2.75, 3.05) is 6.54 Å². The zero-order valence-corrected chi connectivity index (χ0v) is 15.1. The molecule has 0 aromatic heterocycles. The summed E-state index contributed by atoms with van der Waals surface area (Å²) in [6, 6.07) is 6.49. The first-order chi connectivity index (χ1) is 11.2. The standard InChI is InChI=1S/C18H30N4O2/c1-12(2)10-18(4,11-19)22-16(23)9-15(21-17(20)24)14-8-6-5-7-13(14)3/h5-8,12,15H,9-11,19H2,1-4H3,(H,22,23)(H3,20,21,24). The van der Waals surface area contributed by atoms with Crippen molar-refractivity contribution < 1.29 is 9.59 Å². The lowest BCUT2D eigenvalue weighted by molar-refractivity contribution is -0.123. The number of carbonyl (C=O) groups excluding carboxylic acids is 2. The Labute approximate surface area is 144 Å². The maximum Gasteiger partial charge on any atom is 0.312 e. The zero-order chi connectivity index (χ0) is 18.3. The van der Waals surface area contributed by atoms with Crippen molar-refractivity contribution in [2.24, 2.45) is 17.4 Å². The first-order valence-corrected chi connectivity index (χ1v) is 8.29.